The van der Waals surface area contributed by atoms with E-state index in [1.54, 1.807) is 0 Å². The summed E-state index contributed by atoms with van der Waals surface area (Å²) < 4.78 is 0. The predicted molar refractivity (Wildman–Crippen MR) is 85.6 cm³/mol. The molecular formula is C16H22N2OS. The summed E-state index contributed by atoms with van der Waals surface area (Å²) in [5.74, 6) is 0.0557. The van der Waals surface area contributed by atoms with Gasteiger partial charge in [0.05, 0.1) is 15.9 Å². The molecule has 1 saturated carbocycles. The highest BCUT2D eigenvalue weighted by Crippen LogP contribution is 2.48. The van der Waals surface area contributed by atoms with Gasteiger partial charge in [-0.25, -0.2) is 0 Å². The highest BCUT2D eigenvalue weighted by molar-refractivity contribution is 7.80. The smallest absolute Gasteiger partial charge is 0.231 e. The maximum atomic E-state index is 12.7. The fraction of sp³-hybridized carbons (Fsp3) is 0.500. The van der Waals surface area contributed by atoms with Crippen molar-refractivity contribution in [1.82, 2.24) is 5.32 Å². The summed E-state index contributed by atoms with van der Waals surface area (Å²) in [5, 5.41) is 3.13. The van der Waals surface area contributed by atoms with Gasteiger partial charge in [0, 0.05) is 0 Å². The Kier molecular flexibility index (Phi) is 4.14. The minimum Gasteiger partial charge on any atom is -0.391 e. The van der Waals surface area contributed by atoms with Crippen LogP contribution in [-0.2, 0) is 10.2 Å². The van der Waals surface area contributed by atoms with Crippen molar-refractivity contribution >= 4 is 23.1 Å². The summed E-state index contributed by atoms with van der Waals surface area (Å²) in [5.41, 5.74) is 6.01. The molecule has 0 heterocycles. The molecule has 0 radical (unpaired) electrons. The fourth-order valence-corrected chi connectivity index (χ4v) is 3.04. The summed E-state index contributed by atoms with van der Waals surface area (Å²) >= 11 is 5.17. The first-order valence-corrected chi connectivity index (χ1v) is 7.59. The van der Waals surface area contributed by atoms with Gasteiger partial charge in [-0.05, 0) is 31.2 Å². The Balaban J connectivity index is 2.22. The molecule has 1 aromatic carbocycles. The van der Waals surface area contributed by atoms with E-state index in [0.717, 1.165) is 31.2 Å². The highest BCUT2D eigenvalue weighted by atomic mass is 32.1. The number of benzene rings is 1. The number of carbonyl (C=O) groups excluding carboxylic acids is 1. The number of nitrogens with one attached hydrogen (secondary N) is 1. The third kappa shape index (κ3) is 2.44. The van der Waals surface area contributed by atoms with Crippen LogP contribution in [0.5, 0.6) is 0 Å². The van der Waals surface area contributed by atoms with Crippen LogP contribution in [0.3, 0.4) is 0 Å². The summed E-state index contributed by atoms with van der Waals surface area (Å²) in [6.45, 7) is 4.01. The van der Waals surface area contributed by atoms with Gasteiger partial charge in [0.25, 0.3) is 0 Å². The molecule has 0 spiro atoms. The minimum absolute atomic E-state index is 0.0557. The zero-order chi connectivity index (χ0) is 14.8. The second-order valence-electron chi connectivity index (χ2n) is 5.56. The highest BCUT2D eigenvalue weighted by Gasteiger charge is 2.52. The first-order chi connectivity index (χ1) is 9.50. The third-order valence-electron chi connectivity index (χ3n) is 4.54. The standard InChI is InChI=1S/C16H22N2OS/c1-3-16(4-2,13(17)20)18-14(19)15(10-11-15)12-8-6-5-7-9-12/h5-9H,3-4,10-11H2,1-2H3,(H2,17,20)(H,18,19). The van der Waals surface area contributed by atoms with Gasteiger partial charge in [-0.2, -0.15) is 0 Å². The lowest BCUT2D eigenvalue weighted by molar-refractivity contribution is -0.124. The normalized spacial score (nSPS) is 16.5. The summed E-state index contributed by atoms with van der Waals surface area (Å²) in [7, 11) is 0. The molecule has 1 fully saturated rings. The number of carbonyl (C=O) groups is 1. The molecule has 4 heteroatoms. The summed E-state index contributed by atoms with van der Waals surface area (Å²) in [6.07, 6.45) is 3.22. The summed E-state index contributed by atoms with van der Waals surface area (Å²) in [6, 6.07) is 9.96. The molecule has 2 rings (SSSR count). The van der Waals surface area contributed by atoms with Crippen LogP contribution in [0.2, 0.25) is 0 Å². The number of hydrogen-bond donors (Lipinski definition) is 2. The van der Waals surface area contributed by atoms with Crippen molar-refractivity contribution in [2.75, 3.05) is 0 Å². The zero-order valence-electron chi connectivity index (χ0n) is 12.1. The van der Waals surface area contributed by atoms with Crippen LogP contribution in [-0.4, -0.2) is 16.4 Å². The van der Waals surface area contributed by atoms with Gasteiger partial charge in [-0.1, -0.05) is 56.4 Å². The van der Waals surface area contributed by atoms with E-state index in [9.17, 15) is 4.79 Å². The van der Waals surface area contributed by atoms with E-state index in [0.29, 0.717) is 4.99 Å². The van der Waals surface area contributed by atoms with E-state index in [2.05, 4.69) is 5.32 Å². The van der Waals surface area contributed by atoms with Crippen molar-refractivity contribution in [2.45, 2.75) is 50.5 Å². The second kappa shape index (κ2) is 5.52. The van der Waals surface area contributed by atoms with E-state index in [1.165, 1.54) is 0 Å². The molecular weight excluding hydrogens is 268 g/mol. The molecule has 0 unspecified atom stereocenters. The zero-order valence-corrected chi connectivity index (χ0v) is 12.9. The minimum atomic E-state index is -0.559. The molecule has 1 amide bonds. The fourth-order valence-electron chi connectivity index (χ4n) is 2.70. The molecule has 20 heavy (non-hydrogen) atoms. The monoisotopic (exact) mass is 290 g/mol. The van der Waals surface area contributed by atoms with E-state index in [-0.39, 0.29) is 11.3 Å². The number of hydrogen-bond acceptors (Lipinski definition) is 2. The molecule has 1 aliphatic rings. The van der Waals surface area contributed by atoms with E-state index in [1.807, 2.05) is 44.2 Å². The number of amides is 1. The van der Waals surface area contributed by atoms with Crippen LogP contribution in [0.15, 0.2) is 30.3 Å². The molecule has 3 N–H and O–H groups in total. The van der Waals surface area contributed by atoms with Gasteiger partial charge in [0.1, 0.15) is 0 Å². The molecule has 0 atom stereocenters. The van der Waals surface area contributed by atoms with Crippen LogP contribution < -0.4 is 11.1 Å². The predicted octanol–water partition coefficient (Wildman–Crippen LogP) is 2.68. The molecule has 0 aliphatic heterocycles. The Morgan fingerprint density at radius 3 is 2.25 bits per heavy atom. The van der Waals surface area contributed by atoms with Gasteiger partial charge in [0.2, 0.25) is 5.91 Å². The quantitative estimate of drug-likeness (QED) is 0.792. The van der Waals surface area contributed by atoms with Gasteiger partial charge in [0.15, 0.2) is 0 Å². The number of nitrogens with two attached hydrogens (primary N) is 1. The largest absolute Gasteiger partial charge is 0.391 e. The van der Waals surface area contributed by atoms with Gasteiger partial charge in [-0.15, -0.1) is 0 Å². The molecule has 0 bridgehead atoms. The van der Waals surface area contributed by atoms with E-state index < -0.39 is 5.54 Å². The van der Waals surface area contributed by atoms with Crippen LogP contribution in [0.4, 0.5) is 0 Å². The molecule has 108 valence electrons. The van der Waals surface area contributed by atoms with E-state index in [4.69, 9.17) is 18.0 Å². The number of rotatable bonds is 6. The molecule has 1 aliphatic carbocycles. The maximum Gasteiger partial charge on any atom is 0.231 e. The van der Waals surface area contributed by atoms with Crippen molar-refractivity contribution in [2.24, 2.45) is 5.73 Å². The maximum absolute atomic E-state index is 12.7. The molecule has 3 nitrogen and oxygen atoms in total. The third-order valence-corrected chi connectivity index (χ3v) is 4.93. The van der Waals surface area contributed by atoms with Crippen molar-refractivity contribution in [3.05, 3.63) is 35.9 Å². The van der Waals surface area contributed by atoms with Crippen LogP contribution in [0.1, 0.15) is 45.1 Å². The van der Waals surface area contributed by atoms with Gasteiger partial charge < -0.3 is 11.1 Å². The van der Waals surface area contributed by atoms with E-state index >= 15 is 0 Å². The second-order valence-corrected chi connectivity index (χ2v) is 6.00. The SMILES string of the molecule is CCC(CC)(NC(=O)C1(c2ccccc2)CC1)C(N)=S. The number of thiocarbonyl (C=S) groups is 1. The van der Waals surface area contributed by atoms with Gasteiger partial charge in [-0.3, -0.25) is 4.79 Å². The summed E-state index contributed by atoms with van der Waals surface area (Å²) in [4.78, 5) is 13.1. The average molecular weight is 290 g/mol. The Morgan fingerprint density at radius 1 is 1.30 bits per heavy atom. The molecule has 1 aromatic rings. The topological polar surface area (TPSA) is 55.1 Å². The van der Waals surface area contributed by atoms with Crippen molar-refractivity contribution in [1.29, 1.82) is 0 Å². The van der Waals surface area contributed by atoms with Crippen LogP contribution in [0, 0.1) is 0 Å². The first kappa shape index (κ1) is 15.0. The molecule has 0 aromatic heterocycles. The lowest BCUT2D eigenvalue weighted by Gasteiger charge is -2.33. The lowest BCUT2D eigenvalue weighted by atomic mass is 9.89. The first-order valence-electron chi connectivity index (χ1n) is 7.19. The Hall–Kier alpha value is -1.42. The Morgan fingerprint density at radius 2 is 1.85 bits per heavy atom. The average Bonchev–Trinajstić information content (AvgIpc) is 3.27. The Bertz CT molecular complexity index is 504. The lowest BCUT2D eigenvalue weighted by Crippen LogP contribution is -2.58. The Labute approximate surface area is 125 Å². The van der Waals surface area contributed by atoms with Gasteiger partial charge >= 0.3 is 0 Å². The van der Waals surface area contributed by atoms with Crippen LogP contribution in [0.25, 0.3) is 0 Å². The van der Waals surface area contributed by atoms with Crippen molar-refractivity contribution < 1.29 is 4.79 Å². The van der Waals surface area contributed by atoms with Crippen molar-refractivity contribution in [3.63, 3.8) is 0 Å². The molecule has 0 saturated heterocycles. The van der Waals surface area contributed by atoms with Crippen LogP contribution >= 0.6 is 12.2 Å². The van der Waals surface area contributed by atoms with Crippen molar-refractivity contribution in [3.8, 4) is 0 Å².